The molecule has 1 aromatic heterocycles. The number of hydrogen-bond acceptors (Lipinski definition) is 8. The van der Waals surface area contributed by atoms with Crippen molar-refractivity contribution in [2.24, 2.45) is 17.3 Å². The lowest BCUT2D eigenvalue weighted by atomic mass is 9.35. The van der Waals surface area contributed by atoms with E-state index in [4.69, 9.17) is 9.47 Å². The van der Waals surface area contributed by atoms with Crippen molar-refractivity contribution in [3.05, 3.63) is 29.1 Å². The minimum absolute atomic E-state index is 0.00975. The molecule has 9 rings (SSSR count). The second kappa shape index (κ2) is 7.91. The van der Waals surface area contributed by atoms with Gasteiger partial charge in [-0.05, 0) is 69.0 Å². The second-order valence-corrected chi connectivity index (χ2v) is 12.7. The van der Waals surface area contributed by atoms with E-state index in [9.17, 15) is 9.90 Å². The van der Waals surface area contributed by atoms with Gasteiger partial charge in [-0.25, -0.2) is 0 Å². The van der Waals surface area contributed by atoms with Crippen molar-refractivity contribution in [1.29, 1.82) is 0 Å². The number of nitrogens with one attached hydrogen (secondary N) is 2. The van der Waals surface area contributed by atoms with Crippen LogP contribution in [0.1, 0.15) is 61.9 Å². The number of phenols is 1. The van der Waals surface area contributed by atoms with Gasteiger partial charge in [-0.2, -0.15) is 5.21 Å². The number of nitrogens with zero attached hydrogens (tertiary/aromatic N) is 4. The minimum Gasteiger partial charge on any atom is -0.504 e. The molecule has 6 atom stereocenters. The molecule has 202 valence electrons. The number of piperidine rings is 1. The predicted molar refractivity (Wildman–Crippen MR) is 136 cm³/mol. The van der Waals surface area contributed by atoms with Crippen LogP contribution in [0.15, 0.2) is 12.1 Å². The smallest absolute Gasteiger partial charge is 0.220 e. The summed E-state index contributed by atoms with van der Waals surface area (Å²) in [6.07, 6.45) is 8.40. The number of carbonyl (C=O) groups is 1. The van der Waals surface area contributed by atoms with Crippen LogP contribution in [-0.2, 0) is 27.8 Å². The Morgan fingerprint density at radius 3 is 3.00 bits per heavy atom. The first-order valence-electron chi connectivity index (χ1n) is 14.3. The number of methoxy groups -OCH3 is 1. The summed E-state index contributed by atoms with van der Waals surface area (Å²) in [6.45, 7) is 2.83. The Morgan fingerprint density at radius 1 is 1.32 bits per heavy atom. The molecule has 1 saturated heterocycles. The van der Waals surface area contributed by atoms with Crippen molar-refractivity contribution in [3.63, 3.8) is 0 Å². The Morgan fingerprint density at radius 2 is 2.21 bits per heavy atom. The number of phenolic OH excluding ortho intramolecular Hbond substituents is 1. The quantitative estimate of drug-likeness (QED) is 0.482. The fourth-order valence-electron chi connectivity index (χ4n) is 9.63. The van der Waals surface area contributed by atoms with Gasteiger partial charge in [0.15, 0.2) is 17.3 Å². The van der Waals surface area contributed by atoms with Gasteiger partial charge < -0.3 is 19.9 Å². The third kappa shape index (κ3) is 2.85. The number of fused-ring (bicyclic) bond motifs is 2. The molecule has 3 heterocycles. The summed E-state index contributed by atoms with van der Waals surface area (Å²) in [5.74, 6) is 2.45. The van der Waals surface area contributed by atoms with Crippen LogP contribution in [0, 0.1) is 17.3 Å². The van der Waals surface area contributed by atoms with E-state index in [-0.39, 0.29) is 34.5 Å². The molecular weight excluding hydrogens is 484 g/mol. The van der Waals surface area contributed by atoms with E-state index in [0.717, 1.165) is 44.6 Å². The number of H-pyrrole nitrogens is 1. The molecule has 10 nitrogen and oxygen atoms in total. The average molecular weight is 521 g/mol. The van der Waals surface area contributed by atoms with E-state index in [1.807, 2.05) is 13.2 Å². The predicted octanol–water partition coefficient (Wildman–Crippen LogP) is 1.88. The largest absolute Gasteiger partial charge is 0.504 e. The Labute approximate surface area is 221 Å². The monoisotopic (exact) mass is 520 g/mol. The van der Waals surface area contributed by atoms with Gasteiger partial charge in [-0.3, -0.25) is 9.69 Å². The summed E-state index contributed by atoms with van der Waals surface area (Å²) in [5.41, 5.74) is 2.02. The SMILES string of the molecule is CO[C@]12CC[C@@]3(C[C@@H]1CNC(=O)CCc1nn[nH]n1)[C@H]1Cc4ccc(O)c5c4[C@@]3(CCN1CC1CC1)[C@H]2O5. The summed E-state index contributed by atoms with van der Waals surface area (Å²) in [7, 11) is 1.82. The van der Waals surface area contributed by atoms with Gasteiger partial charge in [0, 0.05) is 61.4 Å². The minimum atomic E-state index is -0.508. The Kier molecular flexibility index (Phi) is 4.83. The zero-order valence-electron chi connectivity index (χ0n) is 21.9. The average Bonchev–Trinajstić information content (AvgIpc) is 3.43. The number of hydrogen-bond donors (Lipinski definition) is 3. The molecule has 10 heteroatoms. The maximum atomic E-state index is 12.9. The van der Waals surface area contributed by atoms with Gasteiger partial charge in [0.2, 0.25) is 5.91 Å². The second-order valence-electron chi connectivity index (χ2n) is 12.7. The van der Waals surface area contributed by atoms with Crippen LogP contribution < -0.4 is 10.1 Å². The van der Waals surface area contributed by atoms with E-state index < -0.39 is 5.60 Å². The third-order valence-corrected chi connectivity index (χ3v) is 11.3. The number of aromatic amines is 1. The van der Waals surface area contributed by atoms with Gasteiger partial charge in [-0.1, -0.05) is 11.3 Å². The van der Waals surface area contributed by atoms with Crippen LogP contribution in [0.3, 0.4) is 0 Å². The van der Waals surface area contributed by atoms with E-state index in [1.54, 1.807) is 0 Å². The molecule has 0 radical (unpaired) electrons. The van der Waals surface area contributed by atoms with Crippen molar-refractivity contribution in [2.45, 2.75) is 80.9 Å². The number of carbonyl (C=O) groups excluding carboxylic acids is 1. The molecule has 5 fully saturated rings. The molecule has 4 saturated carbocycles. The van der Waals surface area contributed by atoms with Crippen LogP contribution >= 0.6 is 0 Å². The van der Waals surface area contributed by atoms with Crippen LogP contribution in [-0.4, -0.2) is 81.0 Å². The molecule has 1 aromatic carbocycles. The van der Waals surface area contributed by atoms with Crippen molar-refractivity contribution < 1.29 is 19.4 Å². The molecule has 5 aliphatic carbocycles. The first-order chi connectivity index (χ1) is 18.5. The highest BCUT2D eigenvalue weighted by Gasteiger charge is 2.80. The zero-order chi connectivity index (χ0) is 25.7. The molecule has 4 bridgehead atoms. The maximum Gasteiger partial charge on any atom is 0.220 e. The molecule has 7 aliphatic rings. The Bertz CT molecular complexity index is 1280. The first kappa shape index (κ1) is 23.2. The molecule has 1 amide bonds. The number of aromatic hydroxyl groups is 1. The van der Waals surface area contributed by atoms with Crippen molar-refractivity contribution in [1.82, 2.24) is 30.8 Å². The van der Waals surface area contributed by atoms with E-state index in [1.165, 1.54) is 30.5 Å². The molecule has 3 N–H and O–H groups in total. The number of likely N-dealkylation sites (tertiary alicyclic amines) is 1. The summed E-state index contributed by atoms with van der Waals surface area (Å²) >= 11 is 0. The van der Waals surface area contributed by atoms with Gasteiger partial charge >= 0.3 is 0 Å². The van der Waals surface area contributed by atoms with Gasteiger partial charge in [-0.15, -0.1) is 10.2 Å². The number of amides is 1. The fourth-order valence-corrected chi connectivity index (χ4v) is 9.63. The van der Waals surface area contributed by atoms with Crippen LogP contribution in [0.4, 0.5) is 0 Å². The topological polar surface area (TPSA) is 125 Å². The number of ether oxygens (including phenoxy) is 2. The van der Waals surface area contributed by atoms with Crippen LogP contribution in [0.5, 0.6) is 11.5 Å². The van der Waals surface area contributed by atoms with Gasteiger partial charge in [0.05, 0.1) is 0 Å². The van der Waals surface area contributed by atoms with E-state index in [2.05, 4.69) is 36.9 Å². The summed E-state index contributed by atoms with van der Waals surface area (Å²) in [5, 5.41) is 28.1. The standard InChI is InChI=1S/C28H36N6O4/c1-37-28-9-8-26(13-18(28)14-29-22(36)7-6-21-30-32-33-31-21)20-12-17-4-5-19(35)24-23(17)27(26,25(28)38-24)10-11-34(20)15-16-2-3-16/h4-5,16,18,20,25,35H,2-3,6-15H2,1H3,(H,29,36)(H,30,31,32,33)/t18-,20-,25-,26-,27+,28-/m1/s1. The molecule has 0 unspecified atom stereocenters. The van der Waals surface area contributed by atoms with E-state index in [0.29, 0.717) is 37.0 Å². The molecule has 2 spiro atoms. The normalized spacial score (nSPS) is 38.1. The first-order valence-corrected chi connectivity index (χ1v) is 14.3. The lowest BCUT2D eigenvalue weighted by molar-refractivity contribution is -0.276. The fraction of sp³-hybridized carbons (Fsp3) is 0.714. The third-order valence-electron chi connectivity index (χ3n) is 11.3. The van der Waals surface area contributed by atoms with E-state index >= 15 is 0 Å². The van der Waals surface area contributed by atoms with Crippen molar-refractivity contribution in [2.75, 3.05) is 26.7 Å². The number of rotatable bonds is 8. The number of aryl methyl sites for hydroxylation is 1. The summed E-state index contributed by atoms with van der Waals surface area (Å²) in [4.78, 5) is 15.7. The number of tetrazole rings is 1. The van der Waals surface area contributed by atoms with Gasteiger partial charge in [0.25, 0.3) is 0 Å². The Balaban J connectivity index is 1.15. The molecule has 2 aliphatic heterocycles. The van der Waals surface area contributed by atoms with Crippen molar-refractivity contribution in [3.8, 4) is 11.5 Å². The van der Waals surface area contributed by atoms with Crippen molar-refractivity contribution >= 4 is 5.91 Å². The van der Waals surface area contributed by atoms with Crippen LogP contribution in [0.25, 0.3) is 0 Å². The Hall–Kier alpha value is -2.72. The molecule has 38 heavy (non-hydrogen) atoms. The van der Waals surface area contributed by atoms with Gasteiger partial charge in [0.1, 0.15) is 11.7 Å². The highest BCUT2D eigenvalue weighted by Crippen LogP contribution is 2.76. The molecule has 2 aromatic rings. The number of aromatic nitrogens is 4. The van der Waals surface area contributed by atoms with Crippen LogP contribution in [0.2, 0.25) is 0 Å². The highest BCUT2D eigenvalue weighted by molar-refractivity contribution is 5.76. The number of benzene rings is 1. The highest BCUT2D eigenvalue weighted by atomic mass is 16.6. The zero-order valence-corrected chi connectivity index (χ0v) is 21.9. The summed E-state index contributed by atoms with van der Waals surface area (Å²) in [6, 6.07) is 4.42. The maximum absolute atomic E-state index is 12.9. The summed E-state index contributed by atoms with van der Waals surface area (Å²) < 4.78 is 13.4. The molecular formula is C28H36N6O4. The lowest BCUT2D eigenvalue weighted by Crippen LogP contribution is -2.81. The lowest BCUT2D eigenvalue weighted by Gasteiger charge is -2.74.